The monoisotopic (exact) mass is 670 g/mol. The van der Waals surface area contributed by atoms with Gasteiger partial charge in [-0.05, 0) is 50.1 Å². The molecule has 0 aromatic carbocycles. The first-order chi connectivity index (χ1) is 22.5. The molecule has 0 bridgehead atoms. The molecule has 0 aliphatic carbocycles. The predicted octanol–water partition coefficient (Wildman–Crippen LogP) is 5.37. The van der Waals surface area contributed by atoms with Gasteiger partial charge in [-0.1, -0.05) is 34.6 Å². The van der Waals surface area contributed by atoms with E-state index >= 15 is 0 Å². The van der Waals surface area contributed by atoms with E-state index in [2.05, 4.69) is 32.3 Å². The van der Waals surface area contributed by atoms with E-state index in [-0.39, 0.29) is 18.4 Å². The van der Waals surface area contributed by atoms with Crippen molar-refractivity contribution in [3.63, 3.8) is 0 Å². The van der Waals surface area contributed by atoms with Crippen molar-refractivity contribution in [3.8, 4) is 5.75 Å². The Labute approximate surface area is 284 Å². The molecular formula is C35H54N6O5S. The van der Waals surface area contributed by atoms with Gasteiger partial charge in [-0.2, -0.15) is 0 Å². The normalized spacial score (nSPS) is 17.6. The Morgan fingerprint density at radius 1 is 0.872 bits per heavy atom. The van der Waals surface area contributed by atoms with E-state index in [4.69, 9.17) is 19.2 Å². The third-order valence-corrected chi connectivity index (χ3v) is 10.3. The fraction of sp³-hybridized carbons (Fsp3) is 0.657. The minimum atomic E-state index is -0.830. The molecule has 1 atom stereocenters. The van der Waals surface area contributed by atoms with Crippen LogP contribution in [0.4, 0.5) is 11.6 Å². The first kappa shape index (κ1) is 37.1. The molecular weight excluding hydrogens is 616 g/mol. The molecule has 12 heteroatoms. The van der Waals surface area contributed by atoms with Crippen LogP contribution in [0.2, 0.25) is 0 Å². The van der Waals surface area contributed by atoms with Crippen LogP contribution in [-0.4, -0.2) is 96.5 Å². The average molecular weight is 671 g/mol. The molecule has 11 nitrogen and oxygen atoms in total. The van der Waals surface area contributed by atoms with Crippen molar-refractivity contribution in [2.75, 3.05) is 75.6 Å². The molecule has 2 saturated heterocycles. The lowest BCUT2D eigenvalue weighted by Crippen LogP contribution is -2.39. The number of amides is 2. The van der Waals surface area contributed by atoms with Gasteiger partial charge in [0.15, 0.2) is 0 Å². The van der Waals surface area contributed by atoms with Crippen LogP contribution in [0.15, 0.2) is 23.2 Å². The molecule has 4 rings (SSSR count). The van der Waals surface area contributed by atoms with Crippen molar-refractivity contribution in [1.29, 1.82) is 0 Å². The minimum Gasteiger partial charge on any atom is -0.490 e. The number of carbonyl (C=O) groups is 2. The fourth-order valence-corrected chi connectivity index (χ4v) is 6.09. The second kappa shape index (κ2) is 17.1. The molecule has 4 heterocycles. The summed E-state index contributed by atoms with van der Waals surface area (Å²) in [4.78, 5) is 42.0. The van der Waals surface area contributed by atoms with Crippen molar-refractivity contribution in [2.45, 2.75) is 79.3 Å². The van der Waals surface area contributed by atoms with Crippen LogP contribution in [0.3, 0.4) is 0 Å². The maximum Gasteiger partial charge on any atom is 0.234 e. The van der Waals surface area contributed by atoms with Crippen LogP contribution in [0, 0.1) is 17.8 Å². The van der Waals surface area contributed by atoms with Gasteiger partial charge in [-0.3, -0.25) is 19.4 Å². The summed E-state index contributed by atoms with van der Waals surface area (Å²) < 4.78 is 17.6. The number of morpholine rings is 2. The summed E-state index contributed by atoms with van der Waals surface area (Å²) in [6.07, 6.45) is 3.15. The van der Waals surface area contributed by atoms with Crippen LogP contribution in [0.5, 0.6) is 5.75 Å². The smallest absolute Gasteiger partial charge is 0.234 e. The van der Waals surface area contributed by atoms with Gasteiger partial charge in [-0.15, -0.1) is 11.8 Å². The molecule has 2 aliphatic heterocycles. The largest absolute Gasteiger partial charge is 0.490 e. The molecule has 260 valence electrons. The lowest BCUT2D eigenvalue weighted by Gasteiger charge is -2.30. The number of carbonyl (C=O) groups excluding carboxylic acids is 2. The van der Waals surface area contributed by atoms with Gasteiger partial charge in [0, 0.05) is 61.3 Å². The molecule has 2 amide bonds. The van der Waals surface area contributed by atoms with E-state index in [0.717, 1.165) is 67.7 Å². The summed E-state index contributed by atoms with van der Waals surface area (Å²) in [5.74, 6) is 2.41. The Morgan fingerprint density at radius 3 is 2.02 bits per heavy atom. The highest BCUT2D eigenvalue weighted by molar-refractivity contribution is 7.99. The Hall–Kier alpha value is -2.77. The summed E-state index contributed by atoms with van der Waals surface area (Å²) in [6, 6.07) is 3.91. The summed E-state index contributed by atoms with van der Waals surface area (Å²) in [5.41, 5.74) is 1.39. The molecule has 2 aliphatic rings. The van der Waals surface area contributed by atoms with Crippen LogP contribution in [-0.2, 0) is 32.2 Å². The Balaban J connectivity index is 1.52. The van der Waals surface area contributed by atoms with Crippen LogP contribution in [0.25, 0.3) is 0 Å². The second-order valence-corrected chi connectivity index (χ2v) is 14.6. The number of rotatable bonds is 15. The molecule has 2 aromatic rings. The number of ether oxygens (including phenoxy) is 3. The van der Waals surface area contributed by atoms with Gasteiger partial charge in [0.2, 0.25) is 11.8 Å². The number of hydrogen-bond acceptors (Lipinski definition) is 10. The van der Waals surface area contributed by atoms with Crippen molar-refractivity contribution < 1.29 is 23.8 Å². The first-order valence-electron chi connectivity index (χ1n) is 17.0. The van der Waals surface area contributed by atoms with Gasteiger partial charge in [-0.25, -0.2) is 9.97 Å². The van der Waals surface area contributed by atoms with Crippen molar-refractivity contribution in [1.82, 2.24) is 19.8 Å². The number of hydrogen-bond donors (Lipinski definition) is 2. The standard InChI is InChI=1S/C35H54N6O5S/c1-8-34(5,6)32(42)39-30-20-27(23-41-13-17-45-18-14-41)31(25(4)37-30)46-24-35(7,9-2)33(43)38-29-19-26(28(21-36-29)47-10-3)22-40-11-15-44-16-12-40/h19-21H,8-18,22-24H2,1-7H3,(H,36,38,43)(H,37,39,42). The molecule has 1 unspecified atom stereocenters. The van der Waals surface area contributed by atoms with E-state index in [1.54, 1.807) is 11.8 Å². The molecule has 0 saturated carbocycles. The van der Waals surface area contributed by atoms with Crippen molar-refractivity contribution in [3.05, 3.63) is 35.2 Å². The number of anilines is 2. The highest BCUT2D eigenvalue weighted by Gasteiger charge is 2.34. The maximum atomic E-state index is 13.8. The van der Waals surface area contributed by atoms with E-state index in [1.807, 2.05) is 59.9 Å². The van der Waals surface area contributed by atoms with Gasteiger partial charge in [0.25, 0.3) is 0 Å². The molecule has 2 fully saturated rings. The van der Waals surface area contributed by atoms with E-state index in [9.17, 15) is 9.59 Å². The van der Waals surface area contributed by atoms with Gasteiger partial charge < -0.3 is 24.8 Å². The van der Waals surface area contributed by atoms with Crippen molar-refractivity contribution in [2.24, 2.45) is 10.8 Å². The highest BCUT2D eigenvalue weighted by atomic mass is 32.2. The number of pyridine rings is 2. The molecule has 2 N–H and O–H groups in total. The summed E-state index contributed by atoms with van der Waals surface area (Å²) in [6.45, 7) is 21.5. The Bertz CT molecular complexity index is 1360. The fourth-order valence-electron chi connectivity index (χ4n) is 5.34. The van der Waals surface area contributed by atoms with E-state index < -0.39 is 10.8 Å². The number of nitrogens with one attached hydrogen (secondary N) is 2. The average Bonchev–Trinajstić information content (AvgIpc) is 3.06. The van der Waals surface area contributed by atoms with Gasteiger partial charge >= 0.3 is 0 Å². The lowest BCUT2D eigenvalue weighted by molar-refractivity contribution is -0.126. The zero-order chi connectivity index (χ0) is 34.0. The topological polar surface area (TPSA) is 118 Å². The lowest BCUT2D eigenvalue weighted by atomic mass is 9.87. The van der Waals surface area contributed by atoms with Gasteiger partial charge in [0.1, 0.15) is 24.0 Å². The number of aryl methyl sites for hydroxylation is 1. The molecule has 0 spiro atoms. The first-order valence-corrected chi connectivity index (χ1v) is 17.9. The molecule has 0 radical (unpaired) electrons. The second-order valence-electron chi connectivity index (χ2n) is 13.3. The van der Waals surface area contributed by atoms with Crippen molar-refractivity contribution >= 4 is 35.2 Å². The third kappa shape index (κ3) is 10.1. The zero-order valence-electron chi connectivity index (χ0n) is 29.4. The van der Waals surface area contributed by atoms with Crippen LogP contribution in [0.1, 0.15) is 71.2 Å². The van der Waals surface area contributed by atoms with Crippen LogP contribution < -0.4 is 15.4 Å². The van der Waals surface area contributed by atoms with Gasteiger partial charge in [0.05, 0.1) is 37.5 Å². The minimum absolute atomic E-state index is 0.0730. The summed E-state index contributed by atoms with van der Waals surface area (Å²) in [7, 11) is 0. The number of nitrogens with zero attached hydrogens (tertiary/aromatic N) is 4. The summed E-state index contributed by atoms with van der Waals surface area (Å²) in [5, 5.41) is 6.11. The van der Waals surface area contributed by atoms with Crippen LogP contribution >= 0.6 is 11.8 Å². The number of aromatic nitrogens is 2. The van der Waals surface area contributed by atoms with E-state index in [0.29, 0.717) is 55.7 Å². The SMILES string of the molecule is CCSc1cnc(NC(=O)C(C)(CC)COc2c(CN3CCOCC3)cc(NC(=O)C(C)(C)CC)nc2C)cc1CN1CCOCC1. The number of thioether (sulfide) groups is 1. The van der Waals surface area contributed by atoms with E-state index in [1.165, 1.54) is 0 Å². The highest BCUT2D eigenvalue weighted by Crippen LogP contribution is 2.32. The summed E-state index contributed by atoms with van der Waals surface area (Å²) >= 11 is 1.76. The maximum absolute atomic E-state index is 13.8. The zero-order valence-corrected chi connectivity index (χ0v) is 30.2. The Morgan fingerprint density at radius 2 is 1.45 bits per heavy atom. The Kier molecular flexibility index (Phi) is 13.4. The quantitative estimate of drug-likeness (QED) is 0.240. The third-order valence-electron chi connectivity index (χ3n) is 9.31. The molecule has 47 heavy (non-hydrogen) atoms. The predicted molar refractivity (Wildman–Crippen MR) is 187 cm³/mol. The molecule has 2 aromatic heterocycles.